The van der Waals surface area contributed by atoms with E-state index in [4.69, 9.17) is 21.3 Å². The van der Waals surface area contributed by atoms with Gasteiger partial charge in [0.05, 0.1) is 12.8 Å². The lowest BCUT2D eigenvalue weighted by atomic mass is 10.0. The van der Waals surface area contributed by atoms with Gasteiger partial charge in [-0.3, -0.25) is 5.43 Å². The van der Waals surface area contributed by atoms with E-state index in [1.54, 1.807) is 7.11 Å². The number of methoxy groups -OCH3 is 1. The third-order valence-electron chi connectivity index (χ3n) is 4.13. The van der Waals surface area contributed by atoms with Crippen LogP contribution in [0.15, 0.2) is 82.9 Å². The van der Waals surface area contributed by atoms with Crippen molar-refractivity contribution in [3.05, 3.63) is 94.5 Å². The Morgan fingerprint density at radius 2 is 1.65 bits per heavy atom. The Kier molecular flexibility index (Phi) is 4.42. The lowest BCUT2D eigenvalue weighted by molar-refractivity contribution is 0.415. The van der Waals surface area contributed by atoms with Crippen LogP contribution in [0, 0.1) is 0 Å². The minimum absolute atomic E-state index is 0.649. The third-order valence-corrected chi connectivity index (χ3v) is 4.37. The lowest BCUT2D eigenvalue weighted by Crippen LogP contribution is -2.19. The van der Waals surface area contributed by atoms with Crippen molar-refractivity contribution in [2.45, 2.75) is 0 Å². The van der Waals surface area contributed by atoms with Crippen LogP contribution in [-0.2, 0) is 0 Å². The van der Waals surface area contributed by atoms with Crippen molar-refractivity contribution in [2.75, 3.05) is 7.11 Å². The van der Waals surface area contributed by atoms with E-state index < -0.39 is 0 Å². The molecule has 0 atom stereocenters. The molecule has 0 aromatic heterocycles. The molecule has 0 saturated heterocycles. The first-order valence-electron chi connectivity index (χ1n) is 8.17. The highest BCUT2D eigenvalue weighted by molar-refractivity contribution is 6.31. The van der Waals surface area contributed by atoms with Crippen molar-refractivity contribution >= 4 is 28.8 Å². The maximum Gasteiger partial charge on any atom is 0.154 e. The first-order chi connectivity index (χ1) is 12.7. The van der Waals surface area contributed by atoms with Crippen molar-refractivity contribution in [1.29, 1.82) is 0 Å². The monoisotopic (exact) mass is 361 g/mol. The third kappa shape index (κ3) is 3.19. The summed E-state index contributed by atoms with van der Waals surface area (Å²) in [6.07, 6.45) is 0. The molecular weight excluding hydrogens is 346 g/mol. The molecule has 3 aromatic carbocycles. The van der Waals surface area contributed by atoms with Crippen LogP contribution < -0.4 is 10.2 Å². The van der Waals surface area contributed by atoms with Crippen LogP contribution in [0.25, 0.3) is 0 Å². The zero-order chi connectivity index (χ0) is 17.9. The highest BCUT2D eigenvalue weighted by Gasteiger charge is 2.17. The number of hydrazone groups is 1. The van der Waals surface area contributed by atoms with E-state index in [1.165, 1.54) is 0 Å². The number of benzene rings is 3. The normalized spacial score (nSPS) is 13.0. The second-order valence-electron chi connectivity index (χ2n) is 5.79. The number of nitrogens with one attached hydrogen (secondary N) is 1. The Hall–Kier alpha value is -3.11. The molecule has 0 fully saturated rings. The number of hydrogen-bond acceptors (Lipinski definition) is 4. The maximum atomic E-state index is 6.23. The van der Waals surface area contributed by atoms with E-state index in [-0.39, 0.29) is 0 Å². The second-order valence-corrected chi connectivity index (χ2v) is 6.23. The largest absolute Gasteiger partial charge is 0.497 e. The van der Waals surface area contributed by atoms with Gasteiger partial charge in [-0.1, -0.05) is 41.9 Å². The van der Waals surface area contributed by atoms with Gasteiger partial charge in [0.2, 0.25) is 0 Å². The fourth-order valence-electron chi connectivity index (χ4n) is 2.80. The SMILES string of the molecule is COc1ccc(C2=Nc3ccc(Cl)cc3C(c3ccccc3)=NN2)cc1. The average Bonchev–Trinajstić information content (AvgIpc) is 2.88. The van der Waals surface area contributed by atoms with Crippen LogP contribution in [0.3, 0.4) is 0 Å². The molecule has 1 aliphatic rings. The summed E-state index contributed by atoms with van der Waals surface area (Å²) in [6, 6.07) is 23.3. The number of aliphatic imine (C=N–C) groups is 1. The number of nitrogens with zero attached hydrogens (tertiary/aromatic N) is 2. The van der Waals surface area contributed by atoms with Gasteiger partial charge in [-0.05, 0) is 42.5 Å². The predicted molar refractivity (Wildman–Crippen MR) is 106 cm³/mol. The van der Waals surface area contributed by atoms with Crippen LogP contribution in [0.2, 0.25) is 5.02 Å². The maximum absolute atomic E-state index is 6.23. The first kappa shape index (κ1) is 16.4. The van der Waals surface area contributed by atoms with E-state index in [0.717, 1.165) is 33.8 Å². The zero-order valence-electron chi connectivity index (χ0n) is 14.1. The molecule has 128 valence electrons. The summed E-state index contributed by atoms with van der Waals surface area (Å²) in [4.78, 5) is 4.77. The van der Waals surface area contributed by atoms with Crippen molar-refractivity contribution < 1.29 is 4.74 Å². The molecule has 0 radical (unpaired) electrons. The van der Waals surface area contributed by atoms with Crippen LogP contribution in [-0.4, -0.2) is 18.7 Å². The number of ether oxygens (including phenoxy) is 1. The van der Waals surface area contributed by atoms with Crippen molar-refractivity contribution in [3.63, 3.8) is 0 Å². The quantitative estimate of drug-likeness (QED) is 0.729. The molecule has 0 bridgehead atoms. The van der Waals surface area contributed by atoms with E-state index in [2.05, 4.69) is 10.5 Å². The molecule has 0 amide bonds. The summed E-state index contributed by atoms with van der Waals surface area (Å²) in [5.41, 5.74) is 7.52. The smallest absolute Gasteiger partial charge is 0.154 e. The predicted octanol–water partition coefficient (Wildman–Crippen LogP) is 4.78. The van der Waals surface area contributed by atoms with Gasteiger partial charge in [0, 0.05) is 21.7 Å². The molecule has 0 unspecified atom stereocenters. The van der Waals surface area contributed by atoms with E-state index >= 15 is 0 Å². The molecule has 1 aliphatic heterocycles. The summed E-state index contributed by atoms with van der Waals surface area (Å²) in [5.74, 6) is 1.46. The van der Waals surface area contributed by atoms with Gasteiger partial charge in [-0.25, -0.2) is 4.99 Å². The highest BCUT2D eigenvalue weighted by Crippen LogP contribution is 2.28. The first-order valence-corrected chi connectivity index (χ1v) is 8.54. The number of halogens is 1. The van der Waals surface area contributed by atoms with Gasteiger partial charge < -0.3 is 4.74 Å². The van der Waals surface area contributed by atoms with Gasteiger partial charge >= 0.3 is 0 Å². The van der Waals surface area contributed by atoms with Crippen molar-refractivity contribution in [3.8, 4) is 5.75 Å². The Labute approximate surface area is 156 Å². The number of amidine groups is 1. The number of hydrogen-bond donors (Lipinski definition) is 1. The second kappa shape index (κ2) is 7.02. The average molecular weight is 362 g/mol. The van der Waals surface area contributed by atoms with E-state index in [0.29, 0.717) is 10.9 Å². The van der Waals surface area contributed by atoms with Crippen molar-refractivity contribution in [2.24, 2.45) is 10.1 Å². The van der Waals surface area contributed by atoms with Gasteiger partial charge in [0.15, 0.2) is 5.84 Å². The van der Waals surface area contributed by atoms with Gasteiger partial charge in [-0.15, -0.1) is 0 Å². The molecule has 4 rings (SSSR count). The number of fused-ring (bicyclic) bond motifs is 1. The summed E-state index contributed by atoms with van der Waals surface area (Å²) >= 11 is 6.23. The molecule has 1 N–H and O–H groups in total. The summed E-state index contributed by atoms with van der Waals surface area (Å²) in [7, 11) is 1.65. The van der Waals surface area contributed by atoms with Crippen molar-refractivity contribution in [1.82, 2.24) is 5.43 Å². The van der Waals surface area contributed by atoms with Gasteiger partial charge in [0.1, 0.15) is 11.5 Å². The summed E-state index contributed by atoms with van der Waals surface area (Å²) in [5, 5.41) is 5.27. The highest BCUT2D eigenvalue weighted by atomic mass is 35.5. The Balaban J connectivity index is 1.83. The zero-order valence-corrected chi connectivity index (χ0v) is 14.9. The Bertz CT molecular complexity index is 996. The molecule has 3 aromatic rings. The van der Waals surface area contributed by atoms with Gasteiger partial charge in [-0.2, -0.15) is 5.10 Å². The topological polar surface area (TPSA) is 46.0 Å². The van der Waals surface area contributed by atoms with E-state index in [1.807, 2.05) is 72.8 Å². The summed E-state index contributed by atoms with van der Waals surface area (Å²) < 4.78 is 5.22. The minimum atomic E-state index is 0.649. The molecule has 0 saturated carbocycles. The molecule has 5 heteroatoms. The lowest BCUT2D eigenvalue weighted by Gasteiger charge is -2.07. The van der Waals surface area contributed by atoms with Crippen LogP contribution in [0.5, 0.6) is 5.75 Å². The minimum Gasteiger partial charge on any atom is -0.497 e. The molecule has 4 nitrogen and oxygen atoms in total. The molecule has 26 heavy (non-hydrogen) atoms. The fourth-order valence-corrected chi connectivity index (χ4v) is 2.98. The van der Waals surface area contributed by atoms with Gasteiger partial charge in [0.25, 0.3) is 0 Å². The van der Waals surface area contributed by atoms with Crippen LogP contribution in [0.1, 0.15) is 16.7 Å². The standard InChI is InChI=1S/C21H16ClN3O/c1-26-17-10-7-15(8-11-17)21-23-19-12-9-16(22)13-18(19)20(24-25-21)14-5-3-2-4-6-14/h2-13H,1H3,(H,23,25). The molecule has 1 heterocycles. The van der Waals surface area contributed by atoms with Crippen LogP contribution in [0.4, 0.5) is 5.69 Å². The molecular formula is C21H16ClN3O. The van der Waals surface area contributed by atoms with E-state index in [9.17, 15) is 0 Å². The fraction of sp³-hybridized carbons (Fsp3) is 0.0476. The summed E-state index contributed by atoms with van der Waals surface area (Å²) in [6.45, 7) is 0. The molecule has 0 aliphatic carbocycles. The Morgan fingerprint density at radius 3 is 2.38 bits per heavy atom. The van der Waals surface area contributed by atoms with Crippen LogP contribution >= 0.6 is 11.6 Å². The Morgan fingerprint density at radius 1 is 0.885 bits per heavy atom. The number of rotatable bonds is 3. The molecule has 0 spiro atoms.